The van der Waals surface area contributed by atoms with Crippen molar-refractivity contribution >= 4 is 29.0 Å². The van der Waals surface area contributed by atoms with Crippen LogP contribution in [0, 0.1) is 11.6 Å². The smallest absolute Gasteiger partial charge is 0.268 e. The number of nitrogens with zero attached hydrogens (tertiary/aromatic N) is 1. The van der Waals surface area contributed by atoms with Crippen LogP contribution in [0.4, 0.5) is 13.6 Å². The number of imide groups is 1. The van der Waals surface area contributed by atoms with E-state index in [1.54, 1.807) is 12.1 Å². The van der Waals surface area contributed by atoms with Gasteiger partial charge >= 0.3 is 0 Å². The average molecular weight is 331 g/mol. The first-order valence-corrected chi connectivity index (χ1v) is 7.61. The zero-order chi connectivity index (χ0) is 16.4. The van der Waals surface area contributed by atoms with Crippen molar-refractivity contribution in [3.8, 4) is 0 Å². The lowest BCUT2D eigenvalue weighted by Crippen LogP contribution is -2.27. The second-order valence-corrected chi connectivity index (χ2v) is 5.87. The molecule has 0 unspecified atom stereocenters. The van der Waals surface area contributed by atoms with Crippen LogP contribution in [0.2, 0.25) is 0 Å². The number of rotatable bonds is 3. The Morgan fingerprint density at radius 1 is 0.957 bits per heavy atom. The minimum absolute atomic E-state index is 0.122. The highest BCUT2D eigenvalue weighted by atomic mass is 32.2. The summed E-state index contributed by atoms with van der Waals surface area (Å²) in [5.41, 5.74) is 0.478. The lowest BCUT2D eigenvalue weighted by Gasteiger charge is -2.12. The number of hydrogen-bond donors (Lipinski definition) is 0. The standard InChI is InChI=1S/C17H11F2NO2S/c18-13-7-3-1-5-11(13)9-15-16(21)20(17(22)23-15)10-12-6-2-4-8-14(12)19/h1-9H,10H2. The third-order valence-electron chi connectivity index (χ3n) is 3.35. The summed E-state index contributed by atoms with van der Waals surface area (Å²) in [5.74, 6) is -1.51. The Hall–Kier alpha value is -2.47. The highest BCUT2D eigenvalue weighted by Gasteiger charge is 2.35. The Morgan fingerprint density at radius 3 is 2.30 bits per heavy atom. The summed E-state index contributed by atoms with van der Waals surface area (Å²) in [6.07, 6.45) is 1.33. The minimum Gasteiger partial charge on any atom is -0.268 e. The monoisotopic (exact) mass is 331 g/mol. The van der Waals surface area contributed by atoms with Gasteiger partial charge in [0.2, 0.25) is 0 Å². The Kier molecular flexibility index (Phi) is 4.25. The Morgan fingerprint density at radius 2 is 1.61 bits per heavy atom. The summed E-state index contributed by atoms with van der Waals surface area (Å²) in [7, 11) is 0. The molecule has 0 N–H and O–H groups in total. The molecule has 23 heavy (non-hydrogen) atoms. The van der Waals surface area contributed by atoms with Crippen molar-refractivity contribution in [2.45, 2.75) is 6.54 Å². The molecule has 3 rings (SSSR count). The van der Waals surface area contributed by atoms with E-state index in [2.05, 4.69) is 0 Å². The fraction of sp³-hybridized carbons (Fsp3) is 0.0588. The molecule has 1 aliphatic heterocycles. The number of thioether (sulfide) groups is 1. The summed E-state index contributed by atoms with van der Waals surface area (Å²) in [4.78, 5) is 25.4. The van der Waals surface area contributed by atoms with Crippen LogP contribution < -0.4 is 0 Å². The fourth-order valence-corrected chi connectivity index (χ4v) is 3.00. The molecule has 2 aromatic carbocycles. The van der Waals surface area contributed by atoms with Gasteiger partial charge in [-0.2, -0.15) is 0 Å². The minimum atomic E-state index is -0.550. The zero-order valence-corrected chi connectivity index (χ0v) is 12.6. The van der Waals surface area contributed by atoms with E-state index >= 15 is 0 Å². The van der Waals surface area contributed by atoms with Crippen LogP contribution >= 0.6 is 11.8 Å². The van der Waals surface area contributed by atoms with E-state index in [1.165, 1.54) is 42.5 Å². The van der Waals surface area contributed by atoms with Gasteiger partial charge in [0.05, 0.1) is 11.4 Å². The molecular formula is C17H11F2NO2S. The van der Waals surface area contributed by atoms with Crippen molar-refractivity contribution in [1.82, 2.24) is 4.90 Å². The molecule has 0 saturated carbocycles. The Labute approximate surface area is 135 Å². The van der Waals surface area contributed by atoms with Crippen LogP contribution in [0.5, 0.6) is 0 Å². The molecule has 6 heteroatoms. The van der Waals surface area contributed by atoms with Crippen molar-refractivity contribution in [3.63, 3.8) is 0 Å². The maximum absolute atomic E-state index is 13.7. The summed E-state index contributed by atoms with van der Waals surface area (Å²) in [6.45, 7) is -0.147. The van der Waals surface area contributed by atoms with Gasteiger partial charge in [-0.1, -0.05) is 36.4 Å². The van der Waals surface area contributed by atoms with Crippen LogP contribution in [0.1, 0.15) is 11.1 Å². The molecule has 1 aliphatic rings. The highest BCUT2D eigenvalue weighted by molar-refractivity contribution is 8.18. The van der Waals surface area contributed by atoms with Crippen LogP contribution in [0.3, 0.4) is 0 Å². The molecule has 3 nitrogen and oxygen atoms in total. The van der Waals surface area contributed by atoms with E-state index in [0.29, 0.717) is 0 Å². The molecule has 1 saturated heterocycles. The first-order valence-electron chi connectivity index (χ1n) is 6.79. The molecule has 0 aromatic heterocycles. The van der Waals surface area contributed by atoms with E-state index < -0.39 is 22.8 Å². The molecule has 2 amide bonds. The van der Waals surface area contributed by atoms with Crippen molar-refractivity contribution in [1.29, 1.82) is 0 Å². The maximum atomic E-state index is 13.7. The van der Waals surface area contributed by atoms with Crippen molar-refractivity contribution in [3.05, 3.63) is 76.2 Å². The van der Waals surface area contributed by atoms with Gasteiger partial charge in [-0.05, 0) is 30.0 Å². The van der Waals surface area contributed by atoms with Crippen LogP contribution in [0.25, 0.3) is 6.08 Å². The summed E-state index contributed by atoms with van der Waals surface area (Å²) in [5, 5.41) is -0.499. The van der Waals surface area contributed by atoms with E-state index in [0.717, 1.165) is 16.7 Å². The SMILES string of the molecule is O=C1SC(=Cc2ccccc2F)C(=O)N1Cc1ccccc1F. The van der Waals surface area contributed by atoms with Crippen LogP contribution in [-0.4, -0.2) is 16.0 Å². The fourth-order valence-electron chi connectivity index (χ4n) is 2.17. The van der Waals surface area contributed by atoms with Crippen molar-refractivity contribution in [2.24, 2.45) is 0 Å². The van der Waals surface area contributed by atoms with Gasteiger partial charge in [-0.15, -0.1) is 0 Å². The van der Waals surface area contributed by atoms with Crippen molar-refractivity contribution in [2.75, 3.05) is 0 Å². The molecule has 0 spiro atoms. The van der Waals surface area contributed by atoms with Gasteiger partial charge in [0.25, 0.3) is 11.1 Å². The Bertz CT molecular complexity index is 820. The lowest BCUT2D eigenvalue weighted by atomic mass is 10.2. The molecule has 0 aliphatic carbocycles. The third-order valence-corrected chi connectivity index (χ3v) is 4.26. The van der Waals surface area contributed by atoms with Crippen LogP contribution in [-0.2, 0) is 11.3 Å². The molecule has 0 radical (unpaired) electrons. The second kappa shape index (κ2) is 6.34. The number of hydrogen-bond acceptors (Lipinski definition) is 3. The van der Waals surface area contributed by atoms with Gasteiger partial charge in [0, 0.05) is 11.1 Å². The van der Waals surface area contributed by atoms with E-state index in [9.17, 15) is 18.4 Å². The van der Waals surface area contributed by atoms with Gasteiger partial charge in [0.15, 0.2) is 0 Å². The first-order chi connectivity index (χ1) is 11.1. The summed E-state index contributed by atoms with van der Waals surface area (Å²) >= 11 is 0.720. The molecule has 1 fully saturated rings. The second-order valence-electron chi connectivity index (χ2n) is 4.88. The first kappa shape index (κ1) is 15.4. The molecule has 0 atom stereocenters. The van der Waals surface area contributed by atoms with Gasteiger partial charge in [0.1, 0.15) is 11.6 Å². The molecule has 1 heterocycles. The number of halogens is 2. The van der Waals surface area contributed by atoms with E-state index in [4.69, 9.17) is 0 Å². The predicted molar refractivity (Wildman–Crippen MR) is 84.3 cm³/mol. The highest BCUT2D eigenvalue weighted by Crippen LogP contribution is 2.33. The molecular weight excluding hydrogens is 320 g/mol. The maximum Gasteiger partial charge on any atom is 0.293 e. The molecule has 2 aromatic rings. The average Bonchev–Trinajstić information content (AvgIpc) is 2.79. The number of carbonyl (C=O) groups is 2. The van der Waals surface area contributed by atoms with Crippen LogP contribution in [0.15, 0.2) is 53.4 Å². The van der Waals surface area contributed by atoms with Gasteiger partial charge in [-0.25, -0.2) is 8.78 Å². The predicted octanol–water partition coefficient (Wildman–Crippen LogP) is 4.20. The number of carbonyl (C=O) groups excluding carboxylic acids is 2. The van der Waals surface area contributed by atoms with Crippen molar-refractivity contribution < 1.29 is 18.4 Å². The van der Waals surface area contributed by atoms with Gasteiger partial charge in [-0.3, -0.25) is 14.5 Å². The number of benzene rings is 2. The third kappa shape index (κ3) is 3.17. The summed E-state index contributed by atoms with van der Waals surface area (Å²) < 4.78 is 27.3. The van der Waals surface area contributed by atoms with E-state index in [1.807, 2.05) is 0 Å². The largest absolute Gasteiger partial charge is 0.293 e. The topological polar surface area (TPSA) is 37.4 Å². The molecule has 116 valence electrons. The lowest BCUT2D eigenvalue weighted by molar-refractivity contribution is -0.123. The normalized spacial score (nSPS) is 16.4. The van der Waals surface area contributed by atoms with E-state index in [-0.39, 0.29) is 22.6 Å². The molecule has 0 bridgehead atoms. The van der Waals surface area contributed by atoms with Gasteiger partial charge < -0.3 is 0 Å². The Balaban J connectivity index is 1.86. The summed E-state index contributed by atoms with van der Waals surface area (Å²) in [6, 6.07) is 11.9. The zero-order valence-electron chi connectivity index (χ0n) is 11.8. The number of amides is 2. The quantitative estimate of drug-likeness (QED) is 0.791.